The molecule has 1 heterocycles. The molecule has 0 fully saturated rings. The quantitative estimate of drug-likeness (QED) is 0.744. The Morgan fingerprint density at radius 1 is 1.33 bits per heavy atom. The number of nitrogens with one attached hydrogen (secondary N) is 1. The molecule has 7 nitrogen and oxygen atoms in total. The summed E-state index contributed by atoms with van der Waals surface area (Å²) in [5.41, 5.74) is 6.53. The Bertz CT molecular complexity index is 484. The van der Waals surface area contributed by atoms with Crippen molar-refractivity contribution in [2.75, 3.05) is 25.4 Å². The molecule has 0 unspecified atom stereocenters. The van der Waals surface area contributed by atoms with Crippen molar-refractivity contribution in [3.8, 4) is 0 Å². The molecule has 0 aliphatic heterocycles. The first-order chi connectivity index (χ1) is 10.0. The van der Waals surface area contributed by atoms with Gasteiger partial charge in [-0.05, 0) is 19.8 Å². The smallest absolute Gasteiger partial charge is 0.274 e. The average molecular weight is 295 g/mol. The number of hydrogen-bond acceptors (Lipinski definition) is 4. The van der Waals surface area contributed by atoms with Crippen LogP contribution in [0, 0.1) is 0 Å². The van der Waals surface area contributed by atoms with E-state index in [1.807, 2.05) is 20.8 Å². The van der Waals surface area contributed by atoms with Gasteiger partial charge >= 0.3 is 0 Å². The minimum atomic E-state index is -0.250. The highest BCUT2D eigenvalue weighted by atomic mass is 16.2. The van der Waals surface area contributed by atoms with Crippen molar-refractivity contribution in [2.45, 2.75) is 40.2 Å². The van der Waals surface area contributed by atoms with E-state index >= 15 is 0 Å². The van der Waals surface area contributed by atoms with Gasteiger partial charge < -0.3 is 16.0 Å². The fraction of sp³-hybridized carbons (Fsp3) is 0.643. The Hall–Kier alpha value is -2.05. The van der Waals surface area contributed by atoms with Gasteiger partial charge in [0.05, 0.1) is 18.4 Å². The summed E-state index contributed by atoms with van der Waals surface area (Å²) in [5, 5.41) is 6.85. The molecule has 1 aromatic heterocycles. The number of nitrogens with two attached hydrogens (primary N) is 1. The van der Waals surface area contributed by atoms with E-state index in [1.54, 1.807) is 4.68 Å². The highest BCUT2D eigenvalue weighted by Crippen LogP contribution is 2.14. The molecular formula is C14H25N5O2. The van der Waals surface area contributed by atoms with Gasteiger partial charge in [-0.15, -0.1) is 0 Å². The van der Waals surface area contributed by atoms with Gasteiger partial charge in [0.2, 0.25) is 5.91 Å². The summed E-state index contributed by atoms with van der Waals surface area (Å²) in [5.74, 6) is -0.403. The van der Waals surface area contributed by atoms with E-state index in [9.17, 15) is 9.59 Å². The zero-order chi connectivity index (χ0) is 15.8. The van der Waals surface area contributed by atoms with Crippen LogP contribution in [0.5, 0.6) is 0 Å². The van der Waals surface area contributed by atoms with Gasteiger partial charge in [-0.3, -0.25) is 14.3 Å². The molecular weight excluding hydrogens is 270 g/mol. The van der Waals surface area contributed by atoms with Crippen LogP contribution in [0.3, 0.4) is 0 Å². The summed E-state index contributed by atoms with van der Waals surface area (Å²) in [4.78, 5) is 26.0. The van der Waals surface area contributed by atoms with Gasteiger partial charge in [-0.1, -0.05) is 13.8 Å². The number of anilines is 1. The maximum atomic E-state index is 12.6. The van der Waals surface area contributed by atoms with E-state index in [0.717, 1.165) is 12.8 Å². The Morgan fingerprint density at radius 2 is 2.05 bits per heavy atom. The van der Waals surface area contributed by atoms with Crippen LogP contribution in [0.2, 0.25) is 0 Å². The van der Waals surface area contributed by atoms with Gasteiger partial charge in [0.15, 0.2) is 0 Å². The second-order valence-electron chi connectivity index (χ2n) is 4.84. The van der Waals surface area contributed by atoms with Crippen molar-refractivity contribution in [1.29, 1.82) is 0 Å². The summed E-state index contributed by atoms with van der Waals surface area (Å²) >= 11 is 0. The number of aryl methyl sites for hydroxylation is 1. The van der Waals surface area contributed by atoms with Gasteiger partial charge in [0, 0.05) is 19.6 Å². The lowest BCUT2D eigenvalue weighted by molar-refractivity contribution is -0.121. The van der Waals surface area contributed by atoms with Gasteiger partial charge in [0.1, 0.15) is 5.69 Å². The second kappa shape index (κ2) is 8.28. The number of aromatic nitrogens is 2. The molecule has 0 radical (unpaired) electrons. The molecule has 0 aromatic carbocycles. The molecule has 3 N–H and O–H groups in total. The standard InChI is InChI=1S/C14H25N5O2/c1-4-7-16-12(20)10-18(8-5-2)14(21)13-11(15)9-17-19(13)6-3/h9H,4-8,10,15H2,1-3H3,(H,16,20). The lowest BCUT2D eigenvalue weighted by Crippen LogP contribution is -2.42. The first kappa shape index (κ1) is 17.0. The zero-order valence-electron chi connectivity index (χ0n) is 13.1. The third-order valence-electron chi connectivity index (χ3n) is 3.06. The van der Waals surface area contributed by atoms with E-state index in [4.69, 9.17) is 5.73 Å². The van der Waals surface area contributed by atoms with Gasteiger partial charge in [0.25, 0.3) is 5.91 Å². The van der Waals surface area contributed by atoms with Crippen molar-refractivity contribution >= 4 is 17.5 Å². The molecule has 118 valence electrons. The third kappa shape index (κ3) is 4.47. The largest absolute Gasteiger partial charge is 0.396 e. The van der Waals surface area contributed by atoms with E-state index < -0.39 is 0 Å². The van der Waals surface area contributed by atoms with Crippen LogP contribution < -0.4 is 11.1 Å². The minimum absolute atomic E-state index is 0.0427. The predicted octanol–water partition coefficient (Wildman–Crippen LogP) is 0.864. The molecule has 1 aromatic rings. The fourth-order valence-corrected chi connectivity index (χ4v) is 2.04. The average Bonchev–Trinajstić information content (AvgIpc) is 2.84. The van der Waals surface area contributed by atoms with E-state index in [0.29, 0.717) is 31.0 Å². The molecule has 0 saturated heterocycles. The highest BCUT2D eigenvalue weighted by Gasteiger charge is 2.23. The number of carbonyl (C=O) groups is 2. The first-order valence-electron chi connectivity index (χ1n) is 7.42. The van der Waals surface area contributed by atoms with Crippen molar-refractivity contribution in [1.82, 2.24) is 20.0 Å². The molecule has 21 heavy (non-hydrogen) atoms. The van der Waals surface area contributed by atoms with E-state index in [2.05, 4.69) is 10.4 Å². The minimum Gasteiger partial charge on any atom is -0.396 e. The summed E-state index contributed by atoms with van der Waals surface area (Å²) in [6.45, 7) is 7.55. The first-order valence-corrected chi connectivity index (χ1v) is 7.42. The molecule has 0 bridgehead atoms. The normalized spacial score (nSPS) is 10.4. The molecule has 2 amide bonds. The molecule has 0 aliphatic rings. The number of carbonyl (C=O) groups excluding carboxylic acids is 2. The van der Waals surface area contributed by atoms with Crippen LogP contribution in [0.1, 0.15) is 44.1 Å². The third-order valence-corrected chi connectivity index (χ3v) is 3.06. The SMILES string of the molecule is CCCNC(=O)CN(CCC)C(=O)c1c(N)cnn1CC. The number of nitrogens with zero attached hydrogens (tertiary/aromatic N) is 3. The van der Waals surface area contributed by atoms with Crippen LogP contribution in [-0.2, 0) is 11.3 Å². The molecule has 0 spiro atoms. The number of amides is 2. The molecule has 0 aliphatic carbocycles. The van der Waals surface area contributed by atoms with Gasteiger partial charge in [-0.2, -0.15) is 5.10 Å². The van der Waals surface area contributed by atoms with Crippen LogP contribution in [-0.4, -0.2) is 46.1 Å². The summed E-state index contributed by atoms with van der Waals surface area (Å²) in [7, 11) is 0. The number of hydrogen-bond donors (Lipinski definition) is 2. The Labute approximate surface area is 125 Å². The Morgan fingerprint density at radius 3 is 2.62 bits per heavy atom. The topological polar surface area (TPSA) is 93.2 Å². The maximum absolute atomic E-state index is 12.6. The molecule has 0 saturated carbocycles. The van der Waals surface area contributed by atoms with E-state index in [1.165, 1.54) is 11.1 Å². The monoisotopic (exact) mass is 295 g/mol. The van der Waals surface area contributed by atoms with Crippen molar-refractivity contribution in [3.05, 3.63) is 11.9 Å². The lowest BCUT2D eigenvalue weighted by atomic mass is 10.3. The van der Waals surface area contributed by atoms with Crippen molar-refractivity contribution < 1.29 is 9.59 Å². The molecule has 0 atom stereocenters. The van der Waals surface area contributed by atoms with Crippen LogP contribution in [0.15, 0.2) is 6.20 Å². The van der Waals surface area contributed by atoms with Crippen LogP contribution in [0.25, 0.3) is 0 Å². The van der Waals surface area contributed by atoms with Crippen LogP contribution in [0.4, 0.5) is 5.69 Å². The molecule has 1 rings (SSSR count). The van der Waals surface area contributed by atoms with Crippen LogP contribution >= 0.6 is 0 Å². The van der Waals surface area contributed by atoms with Crippen molar-refractivity contribution in [2.24, 2.45) is 0 Å². The molecule has 7 heteroatoms. The Kier molecular flexibility index (Phi) is 6.71. The van der Waals surface area contributed by atoms with E-state index in [-0.39, 0.29) is 18.4 Å². The zero-order valence-corrected chi connectivity index (χ0v) is 13.1. The maximum Gasteiger partial charge on any atom is 0.274 e. The van der Waals surface area contributed by atoms with Gasteiger partial charge in [-0.25, -0.2) is 0 Å². The van der Waals surface area contributed by atoms with Crippen molar-refractivity contribution in [3.63, 3.8) is 0 Å². The summed E-state index contributed by atoms with van der Waals surface area (Å²) in [6, 6.07) is 0. The highest BCUT2D eigenvalue weighted by molar-refractivity contribution is 5.99. The number of nitrogen functional groups attached to an aromatic ring is 1. The Balaban J connectivity index is 2.86. The predicted molar refractivity (Wildman–Crippen MR) is 81.8 cm³/mol. The summed E-state index contributed by atoms with van der Waals surface area (Å²) < 4.78 is 1.56. The second-order valence-corrected chi connectivity index (χ2v) is 4.84. The summed E-state index contributed by atoms with van der Waals surface area (Å²) in [6.07, 6.45) is 3.11. The number of rotatable bonds is 8. The fourth-order valence-electron chi connectivity index (χ4n) is 2.04. The lowest BCUT2D eigenvalue weighted by Gasteiger charge is -2.22.